The molecular formula is C21H20N4O3. The number of aryl methyl sites for hydroxylation is 2. The van der Waals surface area contributed by atoms with E-state index >= 15 is 0 Å². The Morgan fingerprint density at radius 3 is 2.86 bits per heavy atom. The average Bonchev–Trinajstić information content (AvgIpc) is 2.71. The number of nitrogens with zero attached hydrogens (tertiary/aromatic N) is 3. The molecule has 3 rings (SSSR count). The number of pyridine rings is 1. The van der Waals surface area contributed by atoms with Gasteiger partial charge >= 0.3 is 0 Å². The highest BCUT2D eigenvalue weighted by atomic mass is 16.5. The predicted molar refractivity (Wildman–Crippen MR) is 106 cm³/mol. The van der Waals surface area contributed by atoms with Crippen molar-refractivity contribution in [3.05, 3.63) is 65.0 Å². The van der Waals surface area contributed by atoms with E-state index in [1.54, 1.807) is 24.4 Å². The fourth-order valence-electron chi connectivity index (χ4n) is 2.49. The van der Waals surface area contributed by atoms with Crippen LogP contribution in [0.15, 0.2) is 53.7 Å². The highest BCUT2D eigenvalue weighted by Crippen LogP contribution is 2.07. The summed E-state index contributed by atoms with van der Waals surface area (Å²) in [5.41, 5.74) is 1.41. The molecule has 0 unspecified atom stereocenters. The van der Waals surface area contributed by atoms with E-state index in [0.29, 0.717) is 16.7 Å². The van der Waals surface area contributed by atoms with Gasteiger partial charge in [0.05, 0.1) is 30.0 Å². The number of carbonyl (C=O) groups excluding carboxylic acids is 1. The largest absolute Gasteiger partial charge is 0.479 e. The van der Waals surface area contributed by atoms with E-state index in [4.69, 9.17) is 4.74 Å². The number of benzene rings is 1. The van der Waals surface area contributed by atoms with Gasteiger partial charge in [0.25, 0.3) is 5.56 Å². The molecule has 2 heterocycles. The fraction of sp³-hybridized carbons (Fsp3) is 0.238. The molecule has 28 heavy (non-hydrogen) atoms. The van der Waals surface area contributed by atoms with E-state index in [2.05, 4.69) is 27.1 Å². The van der Waals surface area contributed by atoms with Crippen molar-refractivity contribution < 1.29 is 9.53 Å². The van der Waals surface area contributed by atoms with Crippen molar-refractivity contribution in [2.24, 2.45) is 0 Å². The molecule has 0 aliphatic rings. The van der Waals surface area contributed by atoms with E-state index in [1.807, 2.05) is 25.1 Å². The van der Waals surface area contributed by atoms with E-state index < -0.39 is 0 Å². The molecule has 0 aliphatic carbocycles. The van der Waals surface area contributed by atoms with Crippen molar-refractivity contribution in [3.8, 4) is 17.6 Å². The van der Waals surface area contributed by atoms with E-state index in [1.165, 1.54) is 10.9 Å². The predicted octanol–water partition coefficient (Wildman–Crippen LogP) is 1.69. The van der Waals surface area contributed by atoms with Crippen molar-refractivity contribution in [1.82, 2.24) is 19.9 Å². The van der Waals surface area contributed by atoms with Crippen LogP contribution in [0.25, 0.3) is 10.9 Å². The minimum Gasteiger partial charge on any atom is -0.479 e. The first-order valence-electron chi connectivity index (χ1n) is 8.85. The number of ether oxygens (including phenoxy) is 1. The molecule has 142 valence electrons. The van der Waals surface area contributed by atoms with Crippen LogP contribution in [0.1, 0.15) is 12.1 Å². The summed E-state index contributed by atoms with van der Waals surface area (Å²) in [6.07, 6.45) is 3.28. The molecule has 0 radical (unpaired) electrons. The standard InChI is InChI=1S/C21H20N4O3/c1-16-8-9-17(14-23-16)28-13-5-4-11-22-20(26)10-12-25-15-24-19-7-3-2-6-18(19)21(25)27/h2-3,6-9,14-15H,10-13H2,1H3,(H,22,26). The SMILES string of the molecule is Cc1ccc(OCC#CCNC(=O)CCn2cnc3ccccc3c2=O)cn1. The Bertz CT molecular complexity index is 1080. The van der Waals surface area contributed by atoms with Crippen molar-refractivity contribution in [2.75, 3.05) is 13.2 Å². The summed E-state index contributed by atoms with van der Waals surface area (Å²) >= 11 is 0. The maximum absolute atomic E-state index is 12.4. The number of aromatic nitrogens is 3. The lowest BCUT2D eigenvalue weighted by molar-refractivity contribution is -0.121. The van der Waals surface area contributed by atoms with Crippen LogP contribution in [0.3, 0.4) is 0 Å². The van der Waals surface area contributed by atoms with Gasteiger partial charge in [-0.2, -0.15) is 0 Å². The third kappa shape index (κ3) is 5.17. The van der Waals surface area contributed by atoms with E-state index in [0.717, 1.165) is 5.69 Å². The Hall–Kier alpha value is -3.66. The summed E-state index contributed by atoms with van der Waals surface area (Å²) in [7, 11) is 0. The first-order valence-corrected chi connectivity index (χ1v) is 8.85. The van der Waals surface area contributed by atoms with Gasteiger partial charge in [-0.05, 0) is 31.2 Å². The number of nitrogens with one attached hydrogen (secondary N) is 1. The first kappa shape index (κ1) is 19.1. The molecular weight excluding hydrogens is 356 g/mol. The Morgan fingerprint density at radius 2 is 2.04 bits per heavy atom. The highest BCUT2D eigenvalue weighted by Gasteiger charge is 2.05. The molecule has 7 nitrogen and oxygen atoms in total. The van der Waals surface area contributed by atoms with Crippen LogP contribution in [0.5, 0.6) is 5.75 Å². The fourth-order valence-corrected chi connectivity index (χ4v) is 2.49. The number of fused-ring (bicyclic) bond motifs is 1. The number of carbonyl (C=O) groups is 1. The van der Waals surface area contributed by atoms with Gasteiger partial charge in [-0.25, -0.2) is 4.98 Å². The van der Waals surface area contributed by atoms with Gasteiger partial charge < -0.3 is 10.1 Å². The number of amides is 1. The second kappa shape index (κ2) is 9.33. The molecule has 3 aromatic rings. The second-order valence-electron chi connectivity index (χ2n) is 6.06. The molecule has 1 amide bonds. The number of hydrogen-bond acceptors (Lipinski definition) is 5. The average molecular weight is 376 g/mol. The molecule has 0 atom stereocenters. The van der Waals surface area contributed by atoms with Gasteiger partial charge in [-0.3, -0.25) is 19.1 Å². The zero-order valence-electron chi connectivity index (χ0n) is 15.5. The summed E-state index contributed by atoms with van der Waals surface area (Å²) in [6.45, 7) is 2.61. The third-order valence-corrected chi connectivity index (χ3v) is 4.01. The van der Waals surface area contributed by atoms with Crippen LogP contribution >= 0.6 is 0 Å². The molecule has 0 aliphatic heterocycles. The molecule has 0 saturated carbocycles. The number of rotatable bonds is 6. The number of para-hydroxylation sites is 1. The Balaban J connectivity index is 1.41. The lowest BCUT2D eigenvalue weighted by atomic mass is 10.2. The van der Waals surface area contributed by atoms with Crippen LogP contribution in [0.4, 0.5) is 0 Å². The maximum atomic E-state index is 12.4. The zero-order valence-corrected chi connectivity index (χ0v) is 15.5. The minimum atomic E-state index is -0.182. The van der Waals surface area contributed by atoms with Crippen molar-refractivity contribution in [1.29, 1.82) is 0 Å². The van der Waals surface area contributed by atoms with Gasteiger partial charge in [0.2, 0.25) is 5.91 Å². The summed E-state index contributed by atoms with van der Waals surface area (Å²) in [4.78, 5) is 32.6. The van der Waals surface area contributed by atoms with Gasteiger partial charge in [-0.15, -0.1) is 0 Å². The van der Waals surface area contributed by atoms with Crippen LogP contribution in [0, 0.1) is 18.8 Å². The topological polar surface area (TPSA) is 86.1 Å². The lowest BCUT2D eigenvalue weighted by Crippen LogP contribution is -2.27. The van der Waals surface area contributed by atoms with Gasteiger partial charge in [0.1, 0.15) is 12.4 Å². The maximum Gasteiger partial charge on any atom is 0.261 e. The van der Waals surface area contributed by atoms with Crippen molar-refractivity contribution in [2.45, 2.75) is 19.9 Å². The molecule has 0 spiro atoms. The summed E-state index contributed by atoms with van der Waals surface area (Å²) < 4.78 is 6.87. The van der Waals surface area contributed by atoms with Crippen molar-refractivity contribution in [3.63, 3.8) is 0 Å². The van der Waals surface area contributed by atoms with Crippen LogP contribution in [-0.2, 0) is 11.3 Å². The van der Waals surface area contributed by atoms with E-state index in [-0.39, 0.29) is 37.6 Å². The Kier molecular flexibility index (Phi) is 6.37. The van der Waals surface area contributed by atoms with Gasteiger partial charge in [0.15, 0.2) is 0 Å². The molecule has 2 aromatic heterocycles. The van der Waals surface area contributed by atoms with Gasteiger partial charge in [-0.1, -0.05) is 24.0 Å². The van der Waals surface area contributed by atoms with Crippen molar-refractivity contribution >= 4 is 16.8 Å². The summed E-state index contributed by atoms with van der Waals surface area (Å²) in [5, 5.41) is 3.24. The molecule has 1 N–H and O–H groups in total. The lowest BCUT2D eigenvalue weighted by Gasteiger charge is -2.06. The quantitative estimate of drug-likeness (QED) is 0.662. The van der Waals surface area contributed by atoms with Crippen LogP contribution < -0.4 is 15.6 Å². The van der Waals surface area contributed by atoms with Gasteiger partial charge in [0, 0.05) is 18.7 Å². The molecule has 0 bridgehead atoms. The minimum absolute atomic E-state index is 0.152. The zero-order chi connectivity index (χ0) is 19.8. The Labute approximate surface area is 162 Å². The molecule has 1 aromatic carbocycles. The van der Waals surface area contributed by atoms with Crippen LogP contribution in [0.2, 0.25) is 0 Å². The normalized spacial score (nSPS) is 10.2. The Morgan fingerprint density at radius 1 is 1.18 bits per heavy atom. The first-order chi connectivity index (χ1) is 13.6. The molecule has 0 saturated heterocycles. The summed E-state index contributed by atoms with van der Waals surface area (Å²) in [6, 6.07) is 10.8. The van der Waals surface area contributed by atoms with E-state index in [9.17, 15) is 9.59 Å². The molecule has 0 fully saturated rings. The highest BCUT2D eigenvalue weighted by molar-refractivity contribution is 5.77. The van der Waals surface area contributed by atoms with Crippen LogP contribution in [-0.4, -0.2) is 33.6 Å². The number of hydrogen-bond donors (Lipinski definition) is 1. The second-order valence-corrected chi connectivity index (χ2v) is 6.06. The summed E-state index contributed by atoms with van der Waals surface area (Å²) in [5.74, 6) is 6.12. The smallest absolute Gasteiger partial charge is 0.261 e. The molecule has 7 heteroatoms. The monoisotopic (exact) mass is 376 g/mol. The third-order valence-electron chi connectivity index (χ3n) is 4.01.